The number of hydrogen-bond donors (Lipinski definition) is 1. The quantitative estimate of drug-likeness (QED) is 0.0753. The molecule has 1 atom stereocenters. The molecule has 268 valence electrons. The summed E-state index contributed by atoms with van der Waals surface area (Å²) >= 11 is 0. The van der Waals surface area contributed by atoms with Gasteiger partial charge in [0.05, 0.1) is 11.0 Å². The second-order valence-electron chi connectivity index (χ2n) is 15.0. The predicted octanol–water partition coefficient (Wildman–Crippen LogP) is 10.9. The first-order valence-electron chi connectivity index (χ1n) is 19.2. The van der Waals surface area contributed by atoms with Crippen LogP contribution < -0.4 is 15.6 Å². The maximum atomic E-state index is 8.59. The summed E-state index contributed by atoms with van der Waals surface area (Å²) in [4.78, 5) is 4.56. The van der Waals surface area contributed by atoms with Crippen LogP contribution in [0.2, 0.25) is 5.04 Å². The number of rotatable bonds is 7. The largest absolute Gasteiger partial charge is 0.454 e. The van der Waals surface area contributed by atoms with Gasteiger partial charge in [0.15, 0.2) is 19.5 Å². The van der Waals surface area contributed by atoms with Crippen LogP contribution in [-0.2, 0) is 0 Å². The Labute approximate surface area is 326 Å². The average molecular weight is 738 g/mol. The molecule has 0 fully saturated rings. The Morgan fingerprint density at radius 2 is 1.36 bits per heavy atom. The van der Waals surface area contributed by atoms with E-state index in [1.807, 2.05) is 42.5 Å². The molecule has 2 aromatic heterocycles. The highest BCUT2D eigenvalue weighted by Gasteiger charge is 2.52. The molecule has 9 aromatic rings. The summed E-state index contributed by atoms with van der Waals surface area (Å²) in [5, 5.41) is 17.1. The molecule has 0 spiro atoms. The van der Waals surface area contributed by atoms with E-state index in [0.717, 1.165) is 61.6 Å². The third-order valence-corrected chi connectivity index (χ3v) is 17.4. The van der Waals surface area contributed by atoms with E-state index >= 15 is 0 Å². The first-order chi connectivity index (χ1) is 27.5. The number of hydrogen-bond acceptors (Lipinski definition) is 2. The lowest BCUT2D eigenvalue weighted by Crippen LogP contribution is -2.73. The number of nitrogens with one attached hydrogen (secondary N) is 1. The highest BCUT2D eigenvalue weighted by Crippen LogP contribution is 2.46. The van der Waals surface area contributed by atoms with Crippen molar-refractivity contribution in [3.63, 3.8) is 0 Å². The monoisotopic (exact) mass is 737 g/mol. The van der Waals surface area contributed by atoms with Crippen molar-refractivity contribution in [2.45, 2.75) is 18.4 Å². The predicted molar refractivity (Wildman–Crippen MR) is 238 cm³/mol. The summed E-state index contributed by atoms with van der Waals surface area (Å²) in [5.74, 6) is 0.228. The van der Waals surface area contributed by atoms with Crippen LogP contribution in [0.5, 0.6) is 0 Å². The van der Waals surface area contributed by atoms with Gasteiger partial charge in [0.1, 0.15) is 5.58 Å². The molecule has 0 saturated heterocycles. The van der Waals surface area contributed by atoms with Gasteiger partial charge in [-0.3, -0.25) is 5.41 Å². The fourth-order valence-corrected chi connectivity index (χ4v) is 15.0. The van der Waals surface area contributed by atoms with E-state index in [1.54, 1.807) is 6.21 Å². The number of nitrogens with zero attached hydrogens (tertiary/aromatic N) is 2. The fourth-order valence-electron chi connectivity index (χ4n) is 9.21. The van der Waals surface area contributed by atoms with Crippen molar-refractivity contribution < 1.29 is 4.42 Å². The normalized spacial score (nSPS) is 15.8. The van der Waals surface area contributed by atoms with Gasteiger partial charge < -0.3 is 8.98 Å². The Balaban J connectivity index is 1.26. The molecule has 0 amide bonds. The van der Waals surface area contributed by atoms with Crippen LogP contribution in [0.3, 0.4) is 0 Å². The number of fused-ring (bicyclic) bond motifs is 7. The molecule has 0 radical (unpaired) electrons. The second-order valence-corrected chi connectivity index (χ2v) is 19.3. The van der Waals surface area contributed by atoms with Gasteiger partial charge in [-0.05, 0) is 62.9 Å². The van der Waals surface area contributed by atoms with Crippen molar-refractivity contribution in [1.29, 1.82) is 5.41 Å². The van der Waals surface area contributed by atoms with Crippen LogP contribution in [0.15, 0.2) is 204 Å². The zero-order valence-electron chi connectivity index (χ0n) is 31.1. The van der Waals surface area contributed by atoms with E-state index in [2.05, 4.69) is 168 Å². The van der Waals surface area contributed by atoms with Crippen molar-refractivity contribution in [1.82, 2.24) is 4.57 Å². The fraction of sp³-hybridized carbons (Fsp3) is 0.0588. The minimum atomic E-state index is -2.77. The third-order valence-electron chi connectivity index (χ3n) is 11.7. The molecular formula is C51H39N3OSi. The van der Waals surface area contributed by atoms with E-state index in [-0.39, 0.29) is 10.9 Å². The molecule has 56 heavy (non-hydrogen) atoms. The lowest BCUT2D eigenvalue weighted by Gasteiger charge is -2.47. The smallest absolute Gasteiger partial charge is 0.160 e. The van der Waals surface area contributed by atoms with Crippen LogP contribution in [0.1, 0.15) is 24.5 Å². The zero-order chi connectivity index (χ0) is 37.7. The number of allylic oxidation sites excluding steroid dienone is 4. The van der Waals surface area contributed by atoms with Crippen molar-refractivity contribution in [3.8, 4) is 5.69 Å². The molecular weight excluding hydrogens is 699 g/mol. The van der Waals surface area contributed by atoms with E-state index in [1.165, 1.54) is 20.9 Å². The lowest BCUT2D eigenvalue weighted by molar-refractivity contribution is 0.671. The molecule has 0 bridgehead atoms. The minimum absolute atomic E-state index is 0.135. The topological polar surface area (TPSA) is 54.3 Å². The summed E-state index contributed by atoms with van der Waals surface area (Å²) in [6.45, 7) is 2.47. The van der Waals surface area contributed by atoms with Gasteiger partial charge in [0, 0.05) is 39.0 Å². The number of aromatic nitrogens is 1. The average Bonchev–Trinajstić information content (AvgIpc) is 3.80. The van der Waals surface area contributed by atoms with Gasteiger partial charge in [-0.1, -0.05) is 171 Å². The maximum Gasteiger partial charge on any atom is 0.160 e. The third kappa shape index (κ3) is 5.27. The van der Waals surface area contributed by atoms with Crippen LogP contribution in [-0.4, -0.2) is 24.7 Å². The molecule has 0 saturated carbocycles. The van der Waals surface area contributed by atoms with Gasteiger partial charge in [-0.2, -0.15) is 0 Å². The number of aliphatic imine (C=N–C) groups is 1. The van der Waals surface area contributed by atoms with Crippen LogP contribution in [0.4, 0.5) is 0 Å². The molecule has 2 heterocycles. The minimum Gasteiger partial charge on any atom is -0.454 e. The van der Waals surface area contributed by atoms with E-state index < -0.39 is 8.07 Å². The zero-order valence-corrected chi connectivity index (χ0v) is 32.1. The standard InChI is InChI=1S/C51H39N3OSi/c1-51(31-14-5-15-32-51)56(39-21-8-3-9-22-39,40-23-10-4-11-24-40)41-27-30-46-45(34-41)43-28-29-44-42-25-12-13-26-47(42)55-49(44)48(43)54(46)38-20-16-17-36(33-38)35-53-50(52)37-18-6-2-7-19-37/h2-31,33-35,52H,32H2,1H3. The molecule has 5 heteroatoms. The van der Waals surface area contributed by atoms with Crippen molar-refractivity contribution in [2.75, 3.05) is 0 Å². The molecule has 1 N–H and O–H groups in total. The molecule has 1 aliphatic rings. The van der Waals surface area contributed by atoms with Gasteiger partial charge in [0.2, 0.25) is 0 Å². The molecule has 10 rings (SSSR count). The van der Waals surface area contributed by atoms with Crippen LogP contribution >= 0.6 is 0 Å². The Hall–Kier alpha value is -6.82. The summed E-state index contributed by atoms with van der Waals surface area (Å²) in [6, 6.07) is 60.6. The van der Waals surface area contributed by atoms with E-state index in [9.17, 15) is 0 Å². The van der Waals surface area contributed by atoms with Gasteiger partial charge >= 0.3 is 0 Å². The Morgan fingerprint density at radius 1 is 0.661 bits per heavy atom. The SMILES string of the molecule is CC1([Si](c2ccccc2)(c2ccccc2)c2ccc3c(c2)c2ccc4c5ccccc5oc4c2n3-c2cccc(C=NC(=N)c3ccccc3)c2)C=CC=CC1. The number of amidine groups is 1. The molecule has 1 unspecified atom stereocenters. The Bertz CT molecular complexity index is 2990. The van der Waals surface area contributed by atoms with Crippen LogP contribution in [0.25, 0.3) is 49.4 Å². The number of furan rings is 1. The van der Waals surface area contributed by atoms with E-state index in [0.29, 0.717) is 0 Å². The number of para-hydroxylation sites is 1. The highest BCUT2D eigenvalue weighted by molar-refractivity contribution is 7.13. The van der Waals surface area contributed by atoms with Gasteiger partial charge in [-0.15, -0.1) is 0 Å². The molecule has 4 nitrogen and oxygen atoms in total. The van der Waals surface area contributed by atoms with Crippen LogP contribution in [0, 0.1) is 5.41 Å². The lowest BCUT2D eigenvalue weighted by atomic mass is 10.0. The first-order valence-corrected chi connectivity index (χ1v) is 21.2. The summed E-state index contributed by atoms with van der Waals surface area (Å²) in [5.41, 5.74) is 6.58. The maximum absolute atomic E-state index is 8.59. The molecule has 7 aromatic carbocycles. The summed E-state index contributed by atoms with van der Waals surface area (Å²) in [7, 11) is -2.77. The van der Waals surface area contributed by atoms with Crippen molar-refractivity contribution >= 4 is 79.4 Å². The van der Waals surface area contributed by atoms with Gasteiger partial charge in [-0.25, -0.2) is 4.99 Å². The molecule has 0 aliphatic heterocycles. The summed E-state index contributed by atoms with van der Waals surface area (Å²) < 4.78 is 9.14. The van der Waals surface area contributed by atoms with E-state index in [4.69, 9.17) is 9.83 Å². The summed E-state index contributed by atoms with van der Waals surface area (Å²) in [6.07, 6.45) is 12.0. The molecule has 1 aliphatic carbocycles. The van der Waals surface area contributed by atoms with Gasteiger partial charge in [0.25, 0.3) is 0 Å². The first kappa shape index (κ1) is 33.7. The number of benzene rings is 7. The van der Waals surface area contributed by atoms with Crippen molar-refractivity contribution in [3.05, 3.63) is 205 Å². The Kier molecular flexibility index (Phi) is 8.12. The highest BCUT2D eigenvalue weighted by atomic mass is 28.3. The van der Waals surface area contributed by atoms with Crippen molar-refractivity contribution in [2.24, 2.45) is 4.99 Å². The second kappa shape index (κ2) is 13.5. The Morgan fingerprint density at radius 3 is 2.09 bits per heavy atom.